The van der Waals surface area contributed by atoms with Crippen molar-refractivity contribution in [1.29, 1.82) is 0 Å². The SMILES string of the molecule is c1ccc(-c2ccccc2-c2ccccc2-c2ccccc2N(c2ccc(-c3ccc4c(c3)c3ccccc3n4-c3ccccc3)cc2)c2ccc3c(c2)-c2ccccc2C32CCCCC2)cc1. The van der Waals surface area contributed by atoms with Gasteiger partial charge in [-0.2, -0.15) is 0 Å². The molecule has 0 amide bonds. The lowest BCUT2D eigenvalue weighted by atomic mass is 9.68. The van der Waals surface area contributed by atoms with Gasteiger partial charge >= 0.3 is 0 Å². The van der Waals surface area contributed by atoms with E-state index in [2.05, 4.69) is 252 Å². The first kappa shape index (κ1) is 40.1. The van der Waals surface area contributed by atoms with E-state index in [1.807, 2.05) is 0 Å². The molecule has 0 atom stereocenters. The van der Waals surface area contributed by atoms with Gasteiger partial charge in [0, 0.05) is 38.8 Å². The van der Waals surface area contributed by atoms with E-state index >= 15 is 0 Å². The lowest BCUT2D eigenvalue weighted by Gasteiger charge is -2.36. The van der Waals surface area contributed by atoms with E-state index in [-0.39, 0.29) is 5.41 Å². The Hall–Kier alpha value is -8.20. The van der Waals surface area contributed by atoms with Gasteiger partial charge in [0.25, 0.3) is 0 Å². The van der Waals surface area contributed by atoms with Crippen LogP contribution in [-0.2, 0) is 5.41 Å². The number of hydrogen-bond donors (Lipinski definition) is 0. The van der Waals surface area contributed by atoms with Crippen LogP contribution in [0.2, 0.25) is 0 Å². The molecule has 0 N–H and O–H groups in total. The van der Waals surface area contributed by atoms with Crippen LogP contribution in [0.1, 0.15) is 43.2 Å². The molecule has 2 aliphatic carbocycles. The fourth-order valence-electron chi connectivity index (χ4n) is 12.0. The topological polar surface area (TPSA) is 8.17 Å². The van der Waals surface area contributed by atoms with Crippen LogP contribution in [0.15, 0.2) is 243 Å². The summed E-state index contributed by atoms with van der Waals surface area (Å²) >= 11 is 0. The Morgan fingerprint density at radius 3 is 1.63 bits per heavy atom. The van der Waals surface area contributed by atoms with Crippen molar-refractivity contribution in [3.8, 4) is 61.3 Å². The monoisotopic (exact) mass is 870 g/mol. The van der Waals surface area contributed by atoms with E-state index in [0.29, 0.717) is 0 Å². The van der Waals surface area contributed by atoms with E-state index in [1.165, 1.54) is 126 Å². The quantitative estimate of drug-likeness (QED) is 0.148. The van der Waals surface area contributed by atoms with Crippen molar-refractivity contribution in [2.45, 2.75) is 37.5 Å². The summed E-state index contributed by atoms with van der Waals surface area (Å²) in [6.45, 7) is 0. The molecule has 1 fully saturated rings. The van der Waals surface area contributed by atoms with Crippen LogP contribution in [0, 0.1) is 0 Å². The molecule has 68 heavy (non-hydrogen) atoms. The smallest absolute Gasteiger partial charge is 0.0541 e. The van der Waals surface area contributed by atoms with Gasteiger partial charge in [-0.05, 0) is 135 Å². The molecule has 1 saturated carbocycles. The number of nitrogens with zero attached hydrogens (tertiary/aromatic N) is 2. The van der Waals surface area contributed by atoms with Crippen molar-refractivity contribution in [3.63, 3.8) is 0 Å². The molecule has 1 aromatic heterocycles. The molecule has 13 rings (SSSR count). The molecule has 0 unspecified atom stereocenters. The average molecular weight is 871 g/mol. The molecule has 2 aliphatic rings. The van der Waals surface area contributed by atoms with Crippen LogP contribution >= 0.6 is 0 Å². The Morgan fingerprint density at radius 2 is 0.868 bits per heavy atom. The number of hydrogen-bond acceptors (Lipinski definition) is 1. The molecule has 10 aromatic carbocycles. The fourth-order valence-corrected chi connectivity index (χ4v) is 12.0. The lowest BCUT2D eigenvalue weighted by Crippen LogP contribution is -2.28. The summed E-state index contributed by atoms with van der Waals surface area (Å²) in [5.74, 6) is 0. The predicted molar refractivity (Wildman–Crippen MR) is 287 cm³/mol. The molecule has 1 heterocycles. The molecule has 2 heteroatoms. The molecule has 0 saturated heterocycles. The highest BCUT2D eigenvalue weighted by Gasteiger charge is 2.43. The highest BCUT2D eigenvalue weighted by Crippen LogP contribution is 2.57. The van der Waals surface area contributed by atoms with Crippen molar-refractivity contribution in [3.05, 3.63) is 254 Å². The lowest BCUT2D eigenvalue weighted by molar-refractivity contribution is 0.353. The van der Waals surface area contributed by atoms with Gasteiger partial charge in [0.05, 0.1) is 16.7 Å². The van der Waals surface area contributed by atoms with Gasteiger partial charge in [-0.15, -0.1) is 0 Å². The molecule has 0 aliphatic heterocycles. The van der Waals surface area contributed by atoms with Crippen molar-refractivity contribution in [2.75, 3.05) is 4.90 Å². The second kappa shape index (κ2) is 16.6. The summed E-state index contributed by atoms with van der Waals surface area (Å²) in [7, 11) is 0. The van der Waals surface area contributed by atoms with Crippen LogP contribution in [0.5, 0.6) is 0 Å². The maximum absolute atomic E-state index is 2.50. The first-order valence-corrected chi connectivity index (χ1v) is 24.3. The average Bonchev–Trinajstić information content (AvgIpc) is 3.88. The Kier molecular flexibility index (Phi) is 9.79. The highest BCUT2D eigenvalue weighted by molar-refractivity contribution is 6.10. The summed E-state index contributed by atoms with van der Waals surface area (Å²) in [6, 6.07) is 89.9. The maximum Gasteiger partial charge on any atom is 0.0541 e. The molecular formula is C66H50N2. The third-order valence-corrected chi connectivity index (χ3v) is 15.0. The van der Waals surface area contributed by atoms with E-state index in [1.54, 1.807) is 0 Å². The number of fused-ring (bicyclic) bond motifs is 8. The van der Waals surface area contributed by atoms with Crippen molar-refractivity contribution in [2.24, 2.45) is 0 Å². The Bertz CT molecular complexity index is 3650. The van der Waals surface area contributed by atoms with Gasteiger partial charge in [0.1, 0.15) is 0 Å². The number of benzene rings is 10. The van der Waals surface area contributed by atoms with Crippen LogP contribution < -0.4 is 4.90 Å². The fraction of sp³-hybridized carbons (Fsp3) is 0.0909. The molecule has 0 bridgehead atoms. The van der Waals surface area contributed by atoms with Gasteiger partial charge in [-0.1, -0.05) is 201 Å². The molecule has 1 spiro atoms. The predicted octanol–water partition coefficient (Wildman–Crippen LogP) is 18.2. The Balaban J connectivity index is 0.975. The molecule has 2 nitrogen and oxygen atoms in total. The number of rotatable bonds is 8. The zero-order chi connectivity index (χ0) is 45.0. The van der Waals surface area contributed by atoms with E-state index in [9.17, 15) is 0 Å². The maximum atomic E-state index is 2.50. The van der Waals surface area contributed by atoms with Crippen molar-refractivity contribution in [1.82, 2.24) is 4.57 Å². The minimum absolute atomic E-state index is 0.0900. The van der Waals surface area contributed by atoms with Gasteiger partial charge in [0.15, 0.2) is 0 Å². The molecular weight excluding hydrogens is 821 g/mol. The minimum atomic E-state index is 0.0900. The highest BCUT2D eigenvalue weighted by atomic mass is 15.1. The van der Waals surface area contributed by atoms with E-state index in [4.69, 9.17) is 0 Å². The normalized spacial score (nSPS) is 13.7. The largest absolute Gasteiger partial charge is 0.310 e. The summed E-state index contributed by atoms with van der Waals surface area (Å²) in [5, 5.41) is 2.51. The second-order valence-corrected chi connectivity index (χ2v) is 18.7. The first-order valence-electron chi connectivity index (χ1n) is 24.3. The van der Waals surface area contributed by atoms with Crippen LogP contribution in [-0.4, -0.2) is 4.57 Å². The van der Waals surface area contributed by atoms with Crippen LogP contribution in [0.3, 0.4) is 0 Å². The molecule has 0 radical (unpaired) electrons. The summed E-state index contributed by atoms with van der Waals surface area (Å²) in [5.41, 5.74) is 22.5. The van der Waals surface area contributed by atoms with E-state index < -0.39 is 0 Å². The Labute approximate surface area is 399 Å². The van der Waals surface area contributed by atoms with Crippen LogP contribution in [0.25, 0.3) is 83.1 Å². The third kappa shape index (κ3) is 6.54. The van der Waals surface area contributed by atoms with Crippen molar-refractivity contribution < 1.29 is 0 Å². The summed E-state index contributed by atoms with van der Waals surface area (Å²) in [6.07, 6.45) is 6.29. The van der Waals surface area contributed by atoms with Crippen LogP contribution in [0.4, 0.5) is 17.1 Å². The molecule has 324 valence electrons. The van der Waals surface area contributed by atoms with Gasteiger partial charge in [-0.3, -0.25) is 0 Å². The minimum Gasteiger partial charge on any atom is -0.310 e. The third-order valence-electron chi connectivity index (χ3n) is 15.0. The van der Waals surface area contributed by atoms with Gasteiger partial charge < -0.3 is 9.47 Å². The number of para-hydroxylation sites is 3. The van der Waals surface area contributed by atoms with E-state index in [0.717, 1.165) is 17.1 Å². The second-order valence-electron chi connectivity index (χ2n) is 18.7. The zero-order valence-electron chi connectivity index (χ0n) is 38.0. The summed E-state index contributed by atoms with van der Waals surface area (Å²) < 4.78 is 2.39. The first-order chi connectivity index (χ1) is 33.7. The number of anilines is 3. The Morgan fingerprint density at radius 1 is 0.324 bits per heavy atom. The summed E-state index contributed by atoms with van der Waals surface area (Å²) in [4.78, 5) is 2.50. The van der Waals surface area contributed by atoms with Gasteiger partial charge in [0.2, 0.25) is 0 Å². The number of aromatic nitrogens is 1. The van der Waals surface area contributed by atoms with Gasteiger partial charge in [-0.25, -0.2) is 0 Å². The molecule has 11 aromatic rings. The standard InChI is InChI=1S/C66H50N2/c1-4-20-47(21-5-1)52-24-8-9-25-53(52)54-26-10-11-27-55(54)57-29-13-16-32-63(57)67(51-39-40-62-59(45-51)56-28-12-15-31-61(56)66(62)42-18-3-19-43-66)50-37-34-46(35-38-50)48-36-41-65-60(44-48)58-30-14-17-33-64(58)68(65)49-22-6-2-7-23-49/h1-2,4-17,20-41,44-45H,3,18-19,42-43H2. The zero-order valence-corrected chi connectivity index (χ0v) is 38.0. The van der Waals surface area contributed by atoms with Crippen molar-refractivity contribution >= 4 is 38.9 Å².